The number of nitrogen functional groups attached to an aromatic ring is 1. The van der Waals surface area contributed by atoms with Crippen molar-refractivity contribution in [1.29, 1.82) is 0 Å². The van der Waals surface area contributed by atoms with Crippen molar-refractivity contribution >= 4 is 11.2 Å². The van der Waals surface area contributed by atoms with Crippen molar-refractivity contribution in [3.63, 3.8) is 0 Å². The first-order valence-electron chi connectivity index (χ1n) is 7.16. The molecule has 0 spiro atoms. The van der Waals surface area contributed by atoms with Crippen LogP contribution in [-0.2, 0) is 0 Å². The van der Waals surface area contributed by atoms with Gasteiger partial charge < -0.3 is 5.73 Å². The van der Waals surface area contributed by atoms with E-state index in [1.54, 1.807) is 35.2 Å². The molecule has 3 aromatic heterocycles. The summed E-state index contributed by atoms with van der Waals surface area (Å²) in [5.41, 5.74) is 11.0. The third kappa shape index (κ3) is 2.32. The summed E-state index contributed by atoms with van der Waals surface area (Å²) in [4.78, 5) is 4.07. The topological polar surface area (TPSA) is 56.2 Å². The van der Waals surface area contributed by atoms with Gasteiger partial charge in [0.1, 0.15) is 11.5 Å². The van der Waals surface area contributed by atoms with E-state index in [1.807, 2.05) is 24.3 Å². The summed E-state index contributed by atoms with van der Waals surface area (Å²) in [6.07, 6.45) is 5.25. The minimum Gasteiger partial charge on any atom is -0.397 e. The monoisotopic (exact) mass is 304 g/mol. The Balaban J connectivity index is 2.04. The van der Waals surface area contributed by atoms with Gasteiger partial charge in [0.05, 0.1) is 17.4 Å². The summed E-state index contributed by atoms with van der Waals surface area (Å²) < 4.78 is 15.0. The van der Waals surface area contributed by atoms with Gasteiger partial charge >= 0.3 is 0 Å². The molecular formula is C18H13FN4. The van der Waals surface area contributed by atoms with Crippen molar-refractivity contribution < 1.29 is 4.39 Å². The molecular weight excluding hydrogens is 291 g/mol. The van der Waals surface area contributed by atoms with Crippen molar-refractivity contribution in [2.24, 2.45) is 0 Å². The third-order valence-electron chi connectivity index (χ3n) is 3.74. The maximum Gasteiger partial charge on any atom is 0.123 e. The predicted molar refractivity (Wildman–Crippen MR) is 88.2 cm³/mol. The first kappa shape index (κ1) is 13.5. The fraction of sp³-hybridized carbons (Fsp3) is 0. The fourth-order valence-corrected chi connectivity index (χ4v) is 2.68. The van der Waals surface area contributed by atoms with Gasteiger partial charge in [-0.3, -0.25) is 4.98 Å². The van der Waals surface area contributed by atoms with E-state index in [-0.39, 0.29) is 5.82 Å². The molecule has 2 N–H and O–H groups in total. The average molecular weight is 304 g/mol. The van der Waals surface area contributed by atoms with Crippen molar-refractivity contribution in [1.82, 2.24) is 14.6 Å². The number of hydrogen-bond acceptors (Lipinski definition) is 3. The number of nitrogens with two attached hydrogens (primary N) is 1. The summed E-state index contributed by atoms with van der Waals surface area (Å²) in [5.74, 6) is -0.271. The van der Waals surface area contributed by atoms with Crippen LogP contribution in [0.2, 0.25) is 0 Å². The van der Waals surface area contributed by atoms with E-state index in [0.29, 0.717) is 5.69 Å². The lowest BCUT2D eigenvalue weighted by atomic mass is 10.0. The summed E-state index contributed by atoms with van der Waals surface area (Å²) in [7, 11) is 0. The van der Waals surface area contributed by atoms with E-state index in [1.165, 1.54) is 12.1 Å². The van der Waals surface area contributed by atoms with Crippen molar-refractivity contribution in [2.75, 3.05) is 5.73 Å². The maximum absolute atomic E-state index is 13.2. The molecule has 4 aromatic rings. The lowest BCUT2D eigenvalue weighted by Crippen LogP contribution is -1.91. The first-order chi connectivity index (χ1) is 11.2. The van der Waals surface area contributed by atoms with Crippen LogP contribution >= 0.6 is 0 Å². The Bertz CT molecular complexity index is 975. The zero-order valence-electron chi connectivity index (χ0n) is 12.1. The molecule has 0 radical (unpaired) electrons. The molecule has 0 aliphatic heterocycles. The van der Waals surface area contributed by atoms with Gasteiger partial charge in [-0.05, 0) is 54.1 Å². The number of halogens is 1. The van der Waals surface area contributed by atoms with Gasteiger partial charge in [0.25, 0.3) is 0 Å². The van der Waals surface area contributed by atoms with E-state index < -0.39 is 0 Å². The van der Waals surface area contributed by atoms with Crippen LogP contribution in [0, 0.1) is 5.82 Å². The Labute approximate surface area is 132 Å². The van der Waals surface area contributed by atoms with Crippen molar-refractivity contribution in [3.8, 4) is 22.4 Å². The third-order valence-corrected chi connectivity index (χ3v) is 3.74. The second-order valence-electron chi connectivity index (χ2n) is 5.26. The minimum atomic E-state index is -0.271. The molecule has 4 nitrogen and oxygen atoms in total. The molecule has 5 heteroatoms. The highest BCUT2D eigenvalue weighted by atomic mass is 19.1. The molecule has 1 aromatic carbocycles. The number of aromatic nitrogens is 3. The lowest BCUT2D eigenvalue weighted by molar-refractivity contribution is 0.628. The number of nitrogens with zero attached hydrogens (tertiary/aromatic N) is 3. The molecule has 0 saturated carbocycles. The Morgan fingerprint density at radius 1 is 0.870 bits per heavy atom. The quantitative estimate of drug-likeness (QED) is 0.613. The molecule has 0 saturated heterocycles. The van der Waals surface area contributed by atoms with Crippen LogP contribution in [0.3, 0.4) is 0 Å². The van der Waals surface area contributed by atoms with E-state index in [4.69, 9.17) is 5.73 Å². The van der Waals surface area contributed by atoms with E-state index >= 15 is 0 Å². The predicted octanol–water partition coefficient (Wildman–Crippen LogP) is 3.78. The van der Waals surface area contributed by atoms with Gasteiger partial charge in [-0.25, -0.2) is 8.91 Å². The van der Waals surface area contributed by atoms with Crippen LogP contribution in [0.1, 0.15) is 0 Å². The highest BCUT2D eigenvalue weighted by molar-refractivity contribution is 5.92. The van der Waals surface area contributed by atoms with Crippen molar-refractivity contribution in [2.45, 2.75) is 0 Å². The van der Waals surface area contributed by atoms with Crippen LogP contribution in [-0.4, -0.2) is 14.6 Å². The van der Waals surface area contributed by atoms with E-state index in [0.717, 1.165) is 27.9 Å². The van der Waals surface area contributed by atoms with Crippen LogP contribution in [0.25, 0.3) is 27.9 Å². The van der Waals surface area contributed by atoms with Crippen molar-refractivity contribution in [3.05, 3.63) is 72.9 Å². The van der Waals surface area contributed by atoms with Gasteiger partial charge in [-0.2, -0.15) is 5.10 Å². The molecule has 112 valence electrons. The van der Waals surface area contributed by atoms with Crippen LogP contribution < -0.4 is 5.73 Å². The van der Waals surface area contributed by atoms with Crippen LogP contribution in [0.4, 0.5) is 10.1 Å². The Hall–Kier alpha value is -3.21. The van der Waals surface area contributed by atoms with Gasteiger partial charge in [-0.1, -0.05) is 0 Å². The van der Waals surface area contributed by atoms with Gasteiger partial charge in [0, 0.05) is 23.5 Å². The number of rotatable bonds is 2. The smallest absolute Gasteiger partial charge is 0.123 e. The van der Waals surface area contributed by atoms with Gasteiger partial charge in [-0.15, -0.1) is 0 Å². The molecule has 0 aliphatic rings. The second-order valence-corrected chi connectivity index (χ2v) is 5.26. The molecule has 4 rings (SSSR count). The largest absolute Gasteiger partial charge is 0.397 e. The van der Waals surface area contributed by atoms with Gasteiger partial charge in [0.2, 0.25) is 0 Å². The fourth-order valence-electron chi connectivity index (χ4n) is 2.68. The van der Waals surface area contributed by atoms with Crippen LogP contribution in [0.5, 0.6) is 0 Å². The average Bonchev–Trinajstić information content (AvgIpc) is 2.94. The summed E-state index contributed by atoms with van der Waals surface area (Å²) >= 11 is 0. The molecule has 0 aliphatic carbocycles. The Morgan fingerprint density at radius 2 is 1.61 bits per heavy atom. The highest BCUT2D eigenvalue weighted by Crippen LogP contribution is 2.35. The van der Waals surface area contributed by atoms with Gasteiger partial charge in [0.15, 0.2) is 0 Å². The summed E-state index contributed by atoms with van der Waals surface area (Å²) in [6, 6.07) is 14.0. The minimum absolute atomic E-state index is 0.271. The highest BCUT2D eigenvalue weighted by Gasteiger charge is 2.16. The molecule has 3 heterocycles. The lowest BCUT2D eigenvalue weighted by Gasteiger charge is -2.03. The molecule has 0 amide bonds. The second kappa shape index (κ2) is 5.21. The summed E-state index contributed by atoms with van der Waals surface area (Å²) in [5, 5.41) is 4.64. The molecule has 0 atom stereocenters. The number of anilines is 1. The zero-order valence-corrected chi connectivity index (χ0v) is 12.1. The Morgan fingerprint density at radius 3 is 2.35 bits per heavy atom. The summed E-state index contributed by atoms with van der Waals surface area (Å²) in [6.45, 7) is 0. The van der Waals surface area contributed by atoms with E-state index in [9.17, 15) is 4.39 Å². The van der Waals surface area contributed by atoms with Crippen LogP contribution in [0.15, 0.2) is 67.1 Å². The number of fused-ring (bicyclic) bond motifs is 1. The zero-order chi connectivity index (χ0) is 15.8. The normalized spacial score (nSPS) is 11.0. The number of benzene rings is 1. The Kier molecular flexibility index (Phi) is 3.05. The molecule has 0 fully saturated rings. The number of pyridine rings is 2. The molecule has 0 bridgehead atoms. The number of hydrogen-bond donors (Lipinski definition) is 1. The molecule has 0 unspecified atom stereocenters. The first-order valence-corrected chi connectivity index (χ1v) is 7.16. The maximum atomic E-state index is 13.2. The SMILES string of the molecule is Nc1ccc2c(-c3ccncc3)c(-c3ccc(F)cc3)nn2c1. The molecule has 23 heavy (non-hydrogen) atoms. The standard InChI is InChI=1S/C18H13FN4/c19-14-3-1-13(2-4-14)18-17(12-7-9-21-10-8-12)16-6-5-15(20)11-23(16)22-18/h1-11H,20H2. The van der Waals surface area contributed by atoms with E-state index in [2.05, 4.69) is 10.1 Å².